The topological polar surface area (TPSA) is 76.2 Å². The Labute approximate surface area is 175 Å². The minimum atomic E-state index is -3.74. The van der Waals surface area contributed by atoms with Crippen LogP contribution in [0.3, 0.4) is 0 Å². The zero-order valence-electron chi connectivity index (χ0n) is 16.3. The van der Waals surface area contributed by atoms with Crippen LogP contribution in [0.1, 0.15) is 15.9 Å². The second-order valence-electron chi connectivity index (χ2n) is 6.67. The molecule has 1 aliphatic rings. The third kappa shape index (κ3) is 4.90. The van der Waals surface area contributed by atoms with Gasteiger partial charge in [0, 0.05) is 32.7 Å². The van der Waals surface area contributed by atoms with E-state index in [1.54, 1.807) is 7.11 Å². The average molecular weight is 439 g/mol. The summed E-state index contributed by atoms with van der Waals surface area (Å²) >= 11 is 6.16. The quantitative estimate of drug-likeness (QED) is 0.645. The number of piperazine rings is 1. The Bertz CT molecular complexity index is 971. The number of benzene rings is 2. The first-order valence-electron chi connectivity index (χ1n) is 9.08. The lowest BCUT2D eigenvalue weighted by Gasteiger charge is -2.34. The standard InChI is InChI=1S/C20H23ClN2O5S/c1-27-17-6-3-15(4-7-17)14-22-9-11-23(12-10-22)29(25,26)19-8-5-16(13-18(19)21)20(24)28-2/h3-8,13H,9-12,14H2,1-2H3. The molecule has 1 fully saturated rings. The van der Waals surface area contributed by atoms with Crippen LogP contribution in [0, 0.1) is 0 Å². The Hall–Kier alpha value is -2.13. The first-order chi connectivity index (χ1) is 13.8. The molecule has 0 bridgehead atoms. The lowest BCUT2D eigenvalue weighted by atomic mass is 10.2. The molecule has 0 atom stereocenters. The third-order valence-electron chi connectivity index (χ3n) is 4.87. The van der Waals surface area contributed by atoms with Crippen molar-refractivity contribution in [3.05, 3.63) is 58.6 Å². The molecule has 0 spiro atoms. The number of nitrogens with zero attached hydrogens (tertiary/aromatic N) is 2. The SMILES string of the molecule is COC(=O)c1ccc(S(=O)(=O)N2CCN(Cc3ccc(OC)cc3)CC2)c(Cl)c1. The highest BCUT2D eigenvalue weighted by Gasteiger charge is 2.30. The smallest absolute Gasteiger partial charge is 0.337 e. The summed E-state index contributed by atoms with van der Waals surface area (Å²) in [6.45, 7) is 2.71. The van der Waals surface area contributed by atoms with Crippen molar-refractivity contribution in [2.24, 2.45) is 0 Å². The van der Waals surface area contributed by atoms with E-state index in [0.29, 0.717) is 26.2 Å². The van der Waals surface area contributed by atoms with Crippen LogP contribution in [-0.4, -0.2) is 64.0 Å². The van der Waals surface area contributed by atoms with E-state index in [9.17, 15) is 13.2 Å². The van der Waals surface area contributed by atoms with Crippen LogP contribution in [0.15, 0.2) is 47.4 Å². The summed E-state index contributed by atoms with van der Waals surface area (Å²) in [7, 11) is -0.856. The number of methoxy groups -OCH3 is 2. The van der Waals surface area contributed by atoms with E-state index < -0.39 is 16.0 Å². The minimum Gasteiger partial charge on any atom is -0.497 e. The van der Waals surface area contributed by atoms with E-state index in [0.717, 1.165) is 17.9 Å². The molecular weight excluding hydrogens is 416 g/mol. The Morgan fingerprint density at radius 2 is 1.69 bits per heavy atom. The summed E-state index contributed by atoms with van der Waals surface area (Å²) in [5, 5.41) is 0.00793. The number of esters is 1. The van der Waals surface area contributed by atoms with E-state index in [1.165, 1.54) is 29.6 Å². The van der Waals surface area contributed by atoms with E-state index in [1.807, 2.05) is 24.3 Å². The molecule has 2 aromatic carbocycles. The molecule has 1 aliphatic heterocycles. The van der Waals surface area contributed by atoms with Gasteiger partial charge in [-0.05, 0) is 35.9 Å². The van der Waals surface area contributed by atoms with Crippen LogP contribution >= 0.6 is 11.6 Å². The number of rotatable bonds is 6. The van der Waals surface area contributed by atoms with Gasteiger partial charge in [0.1, 0.15) is 10.6 Å². The van der Waals surface area contributed by atoms with Crippen molar-refractivity contribution < 1.29 is 22.7 Å². The molecule has 29 heavy (non-hydrogen) atoms. The molecule has 7 nitrogen and oxygen atoms in total. The van der Waals surface area contributed by atoms with Crippen molar-refractivity contribution in [3.63, 3.8) is 0 Å². The summed E-state index contributed by atoms with van der Waals surface area (Å²) in [4.78, 5) is 13.8. The lowest BCUT2D eigenvalue weighted by molar-refractivity contribution is 0.0600. The van der Waals surface area contributed by atoms with Gasteiger partial charge in [-0.1, -0.05) is 23.7 Å². The van der Waals surface area contributed by atoms with Gasteiger partial charge in [-0.15, -0.1) is 0 Å². The highest BCUT2D eigenvalue weighted by Crippen LogP contribution is 2.27. The molecule has 0 radical (unpaired) electrons. The van der Waals surface area contributed by atoms with Gasteiger partial charge in [0.15, 0.2) is 0 Å². The molecule has 3 rings (SSSR count). The van der Waals surface area contributed by atoms with Gasteiger partial charge in [0.2, 0.25) is 10.0 Å². The Balaban J connectivity index is 1.65. The molecule has 0 unspecified atom stereocenters. The fraction of sp³-hybridized carbons (Fsp3) is 0.350. The van der Waals surface area contributed by atoms with E-state index >= 15 is 0 Å². The highest BCUT2D eigenvalue weighted by molar-refractivity contribution is 7.89. The van der Waals surface area contributed by atoms with Crippen LogP contribution in [0.4, 0.5) is 0 Å². The van der Waals surface area contributed by atoms with Gasteiger partial charge in [-0.25, -0.2) is 13.2 Å². The van der Waals surface area contributed by atoms with Gasteiger partial charge < -0.3 is 9.47 Å². The molecule has 1 saturated heterocycles. The lowest BCUT2D eigenvalue weighted by Crippen LogP contribution is -2.48. The van der Waals surface area contributed by atoms with Gasteiger partial charge in [0.05, 0.1) is 24.8 Å². The minimum absolute atomic E-state index is 0.00424. The van der Waals surface area contributed by atoms with Crippen molar-refractivity contribution in [2.75, 3.05) is 40.4 Å². The van der Waals surface area contributed by atoms with Crippen molar-refractivity contribution >= 4 is 27.6 Å². The fourth-order valence-electron chi connectivity index (χ4n) is 3.21. The third-order valence-corrected chi connectivity index (χ3v) is 7.25. The van der Waals surface area contributed by atoms with Crippen LogP contribution in [0.25, 0.3) is 0 Å². The Kier molecular flexibility index (Phi) is 6.79. The van der Waals surface area contributed by atoms with Crippen molar-refractivity contribution in [2.45, 2.75) is 11.4 Å². The first kappa shape index (κ1) is 21.6. The van der Waals surface area contributed by atoms with E-state index in [4.69, 9.17) is 16.3 Å². The van der Waals surface area contributed by atoms with Crippen LogP contribution in [0.5, 0.6) is 5.75 Å². The van der Waals surface area contributed by atoms with E-state index in [2.05, 4.69) is 9.64 Å². The molecular formula is C20H23ClN2O5S. The summed E-state index contributed by atoms with van der Waals surface area (Å²) in [6.07, 6.45) is 0. The molecule has 0 saturated carbocycles. The van der Waals surface area contributed by atoms with Crippen LogP contribution in [0.2, 0.25) is 5.02 Å². The van der Waals surface area contributed by atoms with Crippen LogP contribution < -0.4 is 4.74 Å². The number of ether oxygens (including phenoxy) is 2. The number of halogens is 1. The molecule has 0 aliphatic carbocycles. The number of sulfonamides is 1. The molecule has 2 aromatic rings. The summed E-state index contributed by atoms with van der Waals surface area (Å²) in [5.74, 6) is 0.239. The number of hydrogen-bond donors (Lipinski definition) is 0. The van der Waals surface area contributed by atoms with Gasteiger partial charge in [-0.3, -0.25) is 4.90 Å². The zero-order valence-corrected chi connectivity index (χ0v) is 17.9. The monoisotopic (exact) mass is 438 g/mol. The zero-order chi connectivity index (χ0) is 21.0. The molecule has 9 heteroatoms. The summed E-state index contributed by atoms with van der Waals surface area (Å²) in [6, 6.07) is 11.9. The Morgan fingerprint density at radius 3 is 2.24 bits per heavy atom. The normalized spacial score (nSPS) is 15.8. The van der Waals surface area contributed by atoms with Crippen LogP contribution in [-0.2, 0) is 21.3 Å². The van der Waals surface area contributed by atoms with Gasteiger partial charge >= 0.3 is 5.97 Å². The molecule has 0 aromatic heterocycles. The predicted octanol–water partition coefficient (Wildman–Crippen LogP) is 2.64. The maximum absolute atomic E-state index is 13.0. The molecule has 156 valence electrons. The Morgan fingerprint density at radius 1 is 1.03 bits per heavy atom. The largest absolute Gasteiger partial charge is 0.497 e. The second-order valence-corrected chi connectivity index (χ2v) is 8.98. The van der Waals surface area contributed by atoms with Crippen molar-refractivity contribution in [1.82, 2.24) is 9.21 Å². The maximum Gasteiger partial charge on any atom is 0.337 e. The van der Waals surface area contributed by atoms with Gasteiger partial charge in [0.25, 0.3) is 0 Å². The summed E-state index contributed by atoms with van der Waals surface area (Å²) in [5.41, 5.74) is 1.35. The number of hydrogen-bond acceptors (Lipinski definition) is 6. The van der Waals surface area contributed by atoms with E-state index in [-0.39, 0.29) is 15.5 Å². The van der Waals surface area contributed by atoms with Crippen molar-refractivity contribution in [3.8, 4) is 5.75 Å². The number of carbonyl (C=O) groups is 1. The second kappa shape index (κ2) is 9.13. The molecule has 1 heterocycles. The predicted molar refractivity (Wildman–Crippen MR) is 110 cm³/mol. The average Bonchev–Trinajstić information content (AvgIpc) is 2.73. The highest BCUT2D eigenvalue weighted by atomic mass is 35.5. The van der Waals surface area contributed by atoms with Gasteiger partial charge in [-0.2, -0.15) is 4.31 Å². The van der Waals surface area contributed by atoms with Crippen molar-refractivity contribution in [1.29, 1.82) is 0 Å². The first-order valence-corrected chi connectivity index (χ1v) is 10.9. The molecule has 0 amide bonds. The maximum atomic E-state index is 13.0. The summed E-state index contributed by atoms with van der Waals surface area (Å²) < 4.78 is 37.2. The molecule has 0 N–H and O–H groups in total. The number of carbonyl (C=O) groups excluding carboxylic acids is 1. The fourth-order valence-corrected chi connectivity index (χ4v) is 5.15.